The second-order valence-corrected chi connectivity index (χ2v) is 4.41. The normalized spacial score (nSPS) is 10.8. The maximum absolute atomic E-state index is 13.6. The number of benzene rings is 1. The Morgan fingerprint density at radius 3 is 2.71 bits per heavy atom. The second kappa shape index (κ2) is 5.28. The fourth-order valence-corrected chi connectivity index (χ4v) is 1.80. The van der Waals surface area contributed by atoms with E-state index in [2.05, 4.69) is 15.1 Å². The Kier molecular flexibility index (Phi) is 3.31. The summed E-state index contributed by atoms with van der Waals surface area (Å²) in [6.45, 7) is 0. The highest BCUT2D eigenvalue weighted by Crippen LogP contribution is 2.18. The summed E-state index contributed by atoms with van der Waals surface area (Å²) in [4.78, 5) is 8.18. The Morgan fingerprint density at radius 1 is 1.14 bits per heavy atom. The first kappa shape index (κ1) is 13.2. The molecule has 3 rings (SSSR count). The van der Waals surface area contributed by atoms with E-state index in [1.54, 1.807) is 12.1 Å². The lowest BCUT2D eigenvalue weighted by atomic mass is 10.1. The van der Waals surface area contributed by atoms with Gasteiger partial charge in [0.1, 0.15) is 17.3 Å². The number of nitrogens with two attached hydrogens (primary N) is 1. The largest absolute Gasteiger partial charge is 0.397 e. The van der Waals surface area contributed by atoms with Crippen molar-refractivity contribution in [2.75, 3.05) is 5.73 Å². The predicted octanol–water partition coefficient (Wildman–Crippen LogP) is 2.58. The van der Waals surface area contributed by atoms with Crippen LogP contribution in [0.1, 0.15) is 11.4 Å². The van der Waals surface area contributed by atoms with Crippen LogP contribution < -0.4 is 5.73 Å². The van der Waals surface area contributed by atoms with E-state index in [4.69, 9.17) is 10.3 Å². The van der Waals surface area contributed by atoms with E-state index in [9.17, 15) is 8.78 Å². The van der Waals surface area contributed by atoms with Gasteiger partial charge in [0.2, 0.25) is 0 Å². The Labute approximate surface area is 118 Å². The molecule has 21 heavy (non-hydrogen) atoms. The monoisotopic (exact) mass is 288 g/mol. The molecule has 0 aliphatic heterocycles. The zero-order chi connectivity index (χ0) is 14.8. The minimum absolute atomic E-state index is 0.102. The number of halogens is 2. The molecule has 0 aliphatic rings. The number of hydrogen-bond acceptors (Lipinski definition) is 5. The summed E-state index contributed by atoms with van der Waals surface area (Å²) in [6.07, 6.45) is 1.57. The molecule has 3 aromatic rings. The van der Waals surface area contributed by atoms with Gasteiger partial charge in [-0.3, -0.25) is 0 Å². The van der Waals surface area contributed by atoms with Gasteiger partial charge in [-0.2, -0.15) is 4.98 Å². The lowest BCUT2D eigenvalue weighted by Gasteiger charge is -1.99. The molecule has 0 saturated carbocycles. The van der Waals surface area contributed by atoms with Gasteiger partial charge in [0, 0.05) is 12.5 Å². The van der Waals surface area contributed by atoms with Crippen LogP contribution >= 0.6 is 0 Å². The van der Waals surface area contributed by atoms with Crippen molar-refractivity contribution in [3.05, 3.63) is 59.6 Å². The van der Waals surface area contributed by atoms with Crippen LogP contribution in [0.3, 0.4) is 0 Å². The molecule has 0 saturated heterocycles. The molecular weight excluding hydrogens is 278 g/mol. The number of rotatable bonds is 3. The van der Waals surface area contributed by atoms with Crippen LogP contribution in [0.5, 0.6) is 0 Å². The van der Waals surface area contributed by atoms with Gasteiger partial charge in [-0.1, -0.05) is 11.2 Å². The molecule has 0 bridgehead atoms. The first-order chi connectivity index (χ1) is 10.1. The molecule has 0 atom stereocenters. The summed E-state index contributed by atoms with van der Waals surface area (Å²) in [7, 11) is 0. The zero-order valence-electron chi connectivity index (χ0n) is 10.8. The van der Waals surface area contributed by atoms with Crippen molar-refractivity contribution in [1.82, 2.24) is 15.1 Å². The maximum atomic E-state index is 13.6. The van der Waals surface area contributed by atoms with Crippen LogP contribution in [0.15, 0.2) is 41.1 Å². The molecule has 5 nitrogen and oxygen atoms in total. The van der Waals surface area contributed by atoms with Gasteiger partial charge in [0.25, 0.3) is 5.89 Å². The third kappa shape index (κ3) is 2.86. The first-order valence-corrected chi connectivity index (χ1v) is 6.10. The Bertz CT molecular complexity index is 771. The SMILES string of the molecule is Nc1ccc(-c2nc(Cc3ccc(F)cc3F)no2)nc1. The average Bonchev–Trinajstić information content (AvgIpc) is 2.91. The molecule has 0 aliphatic carbocycles. The van der Waals surface area contributed by atoms with Crippen LogP contribution in [0.25, 0.3) is 11.6 Å². The standard InChI is InChI=1S/C14H10F2N4O/c15-9-2-1-8(11(16)6-9)5-13-19-14(21-20-13)12-4-3-10(17)7-18-12/h1-4,6-7H,5,17H2. The highest BCUT2D eigenvalue weighted by Gasteiger charge is 2.12. The molecule has 1 aromatic carbocycles. The van der Waals surface area contributed by atoms with Crippen molar-refractivity contribution in [2.45, 2.75) is 6.42 Å². The fraction of sp³-hybridized carbons (Fsp3) is 0.0714. The van der Waals surface area contributed by atoms with Gasteiger partial charge in [-0.25, -0.2) is 13.8 Å². The van der Waals surface area contributed by atoms with Crippen LogP contribution in [-0.2, 0) is 6.42 Å². The van der Waals surface area contributed by atoms with Gasteiger partial charge >= 0.3 is 0 Å². The Hall–Kier alpha value is -2.83. The number of aromatic nitrogens is 3. The van der Waals surface area contributed by atoms with Crippen LogP contribution in [0.4, 0.5) is 14.5 Å². The molecule has 0 amide bonds. The van der Waals surface area contributed by atoms with Crippen LogP contribution in [-0.4, -0.2) is 15.1 Å². The molecule has 106 valence electrons. The van der Waals surface area contributed by atoms with Crippen LogP contribution in [0, 0.1) is 11.6 Å². The lowest BCUT2D eigenvalue weighted by Crippen LogP contribution is -1.95. The van der Waals surface area contributed by atoms with Crippen LogP contribution in [0.2, 0.25) is 0 Å². The highest BCUT2D eigenvalue weighted by atomic mass is 19.1. The quantitative estimate of drug-likeness (QED) is 0.801. The van der Waals surface area contributed by atoms with Gasteiger partial charge in [0.15, 0.2) is 5.82 Å². The molecule has 0 fully saturated rings. The fourth-order valence-electron chi connectivity index (χ4n) is 1.80. The molecule has 2 aromatic heterocycles. The van der Waals surface area contributed by atoms with E-state index in [0.717, 1.165) is 6.07 Å². The molecule has 7 heteroatoms. The maximum Gasteiger partial charge on any atom is 0.276 e. The van der Waals surface area contributed by atoms with E-state index >= 15 is 0 Å². The first-order valence-electron chi connectivity index (χ1n) is 6.10. The van der Waals surface area contributed by atoms with E-state index in [0.29, 0.717) is 11.4 Å². The summed E-state index contributed by atoms with van der Waals surface area (Å²) in [6, 6.07) is 6.65. The third-order valence-electron chi connectivity index (χ3n) is 2.84. The number of hydrogen-bond donors (Lipinski definition) is 1. The summed E-state index contributed by atoms with van der Waals surface area (Å²) < 4.78 is 31.5. The number of nitrogen functional groups attached to an aromatic ring is 1. The van der Waals surface area contributed by atoms with Gasteiger partial charge in [-0.05, 0) is 23.8 Å². The third-order valence-corrected chi connectivity index (χ3v) is 2.84. The van der Waals surface area contributed by atoms with E-state index in [1.807, 2.05) is 0 Å². The van der Waals surface area contributed by atoms with Gasteiger partial charge < -0.3 is 10.3 Å². The lowest BCUT2D eigenvalue weighted by molar-refractivity contribution is 0.422. The van der Waals surface area contributed by atoms with Crippen molar-refractivity contribution in [1.29, 1.82) is 0 Å². The van der Waals surface area contributed by atoms with Gasteiger partial charge in [0.05, 0.1) is 11.9 Å². The van der Waals surface area contributed by atoms with Crippen molar-refractivity contribution < 1.29 is 13.3 Å². The minimum atomic E-state index is -0.646. The van der Waals surface area contributed by atoms with Crippen molar-refractivity contribution in [2.24, 2.45) is 0 Å². The average molecular weight is 288 g/mol. The topological polar surface area (TPSA) is 77.8 Å². The van der Waals surface area contributed by atoms with E-state index in [1.165, 1.54) is 18.3 Å². The highest BCUT2D eigenvalue weighted by molar-refractivity contribution is 5.50. The van der Waals surface area contributed by atoms with Crippen molar-refractivity contribution >= 4 is 5.69 Å². The number of nitrogens with zero attached hydrogens (tertiary/aromatic N) is 3. The molecular formula is C14H10F2N4O. The molecule has 0 spiro atoms. The minimum Gasteiger partial charge on any atom is -0.397 e. The van der Waals surface area contributed by atoms with Crippen molar-refractivity contribution in [3.63, 3.8) is 0 Å². The van der Waals surface area contributed by atoms with Gasteiger partial charge in [-0.15, -0.1) is 0 Å². The summed E-state index contributed by atoms with van der Waals surface area (Å²) in [5.41, 5.74) is 6.82. The summed E-state index contributed by atoms with van der Waals surface area (Å²) in [5, 5.41) is 3.76. The summed E-state index contributed by atoms with van der Waals surface area (Å²) >= 11 is 0. The molecule has 0 unspecified atom stereocenters. The summed E-state index contributed by atoms with van der Waals surface area (Å²) in [5.74, 6) is -0.773. The Morgan fingerprint density at radius 2 is 2.00 bits per heavy atom. The smallest absolute Gasteiger partial charge is 0.276 e. The van der Waals surface area contributed by atoms with E-state index in [-0.39, 0.29) is 23.7 Å². The molecule has 0 radical (unpaired) electrons. The number of pyridine rings is 1. The second-order valence-electron chi connectivity index (χ2n) is 4.41. The molecule has 2 heterocycles. The van der Waals surface area contributed by atoms with Crippen molar-refractivity contribution in [3.8, 4) is 11.6 Å². The Balaban J connectivity index is 1.83. The van der Waals surface area contributed by atoms with E-state index < -0.39 is 11.6 Å². The predicted molar refractivity (Wildman–Crippen MR) is 71.1 cm³/mol. The zero-order valence-corrected chi connectivity index (χ0v) is 10.8. The molecule has 2 N–H and O–H groups in total. The number of anilines is 1.